The lowest BCUT2D eigenvalue weighted by Crippen LogP contribution is -2.47. The Kier molecular flexibility index (Phi) is 5.21. The Hall–Kier alpha value is -3.00. The normalized spacial score (nSPS) is 18.8. The number of pyridine rings is 1. The summed E-state index contributed by atoms with van der Waals surface area (Å²) >= 11 is 0. The smallest absolute Gasteiger partial charge is 0.250 e. The molecule has 3 aromatic rings. The maximum Gasteiger partial charge on any atom is 0.250 e. The van der Waals surface area contributed by atoms with E-state index in [0.29, 0.717) is 18.7 Å². The van der Waals surface area contributed by atoms with E-state index in [1.165, 1.54) is 0 Å². The lowest BCUT2D eigenvalue weighted by atomic mass is 9.79. The largest absolute Gasteiger partial charge is 0.310 e. The number of nitrogens with zero attached hydrogens (tertiary/aromatic N) is 3. The first-order chi connectivity index (χ1) is 13.6. The van der Waals surface area contributed by atoms with Crippen LogP contribution in [0.1, 0.15) is 12.8 Å². The predicted octanol–water partition coefficient (Wildman–Crippen LogP) is 3.26. The van der Waals surface area contributed by atoms with Crippen molar-refractivity contribution in [3.63, 3.8) is 0 Å². The topological polar surface area (TPSA) is 79.8 Å². The molecule has 144 valence electrons. The second-order valence-corrected chi connectivity index (χ2v) is 6.89. The summed E-state index contributed by atoms with van der Waals surface area (Å²) in [7, 11) is 0. The zero-order chi connectivity index (χ0) is 19.5. The van der Waals surface area contributed by atoms with Crippen molar-refractivity contribution in [3.05, 3.63) is 48.8 Å². The summed E-state index contributed by atoms with van der Waals surface area (Å²) in [4.78, 5) is 16.7. The molecule has 0 radical (unpaired) electrons. The van der Waals surface area contributed by atoms with Crippen LogP contribution in [0.3, 0.4) is 0 Å². The fraction of sp³-hybridized carbons (Fsp3) is 0.300. The van der Waals surface area contributed by atoms with E-state index in [0.717, 1.165) is 22.0 Å². The molecule has 0 saturated heterocycles. The van der Waals surface area contributed by atoms with E-state index < -0.39 is 6.43 Å². The van der Waals surface area contributed by atoms with Crippen LogP contribution in [0.5, 0.6) is 0 Å². The van der Waals surface area contributed by atoms with Crippen molar-refractivity contribution in [2.24, 2.45) is 5.92 Å². The van der Waals surface area contributed by atoms with Gasteiger partial charge in [0, 0.05) is 35.3 Å². The van der Waals surface area contributed by atoms with Crippen LogP contribution in [0.15, 0.2) is 48.8 Å². The van der Waals surface area contributed by atoms with Crippen molar-refractivity contribution in [3.8, 4) is 11.3 Å². The third kappa shape index (κ3) is 4.12. The van der Waals surface area contributed by atoms with Crippen LogP contribution in [-0.2, 0) is 4.79 Å². The molecule has 8 heteroatoms. The molecule has 6 nitrogen and oxygen atoms in total. The van der Waals surface area contributed by atoms with E-state index in [1.807, 2.05) is 36.4 Å². The van der Waals surface area contributed by atoms with Gasteiger partial charge in [-0.2, -0.15) is 10.2 Å². The van der Waals surface area contributed by atoms with Crippen molar-refractivity contribution < 1.29 is 13.6 Å². The Morgan fingerprint density at radius 1 is 1.18 bits per heavy atom. The number of anilines is 1. The highest BCUT2D eigenvalue weighted by Crippen LogP contribution is 2.29. The summed E-state index contributed by atoms with van der Waals surface area (Å²) in [5, 5.41) is 15.5. The zero-order valence-electron chi connectivity index (χ0n) is 15.0. The van der Waals surface area contributed by atoms with Crippen molar-refractivity contribution in [1.29, 1.82) is 0 Å². The summed E-state index contributed by atoms with van der Waals surface area (Å²) in [6, 6.07) is 11.4. The zero-order valence-corrected chi connectivity index (χ0v) is 15.0. The molecule has 0 atom stereocenters. The lowest BCUT2D eigenvalue weighted by molar-refractivity contribution is -0.123. The molecule has 1 amide bonds. The third-order valence-electron chi connectivity index (χ3n) is 4.91. The van der Waals surface area contributed by atoms with E-state index >= 15 is 0 Å². The maximum absolute atomic E-state index is 12.4. The number of aromatic nitrogens is 3. The number of carbonyl (C=O) groups excluding carboxylic acids is 1. The van der Waals surface area contributed by atoms with Crippen LogP contribution < -0.4 is 10.6 Å². The molecule has 4 rings (SSSR count). The van der Waals surface area contributed by atoms with E-state index in [2.05, 4.69) is 25.8 Å². The summed E-state index contributed by atoms with van der Waals surface area (Å²) in [5.41, 5.74) is 1.69. The first-order valence-corrected chi connectivity index (χ1v) is 9.09. The van der Waals surface area contributed by atoms with Crippen LogP contribution in [0.25, 0.3) is 22.0 Å². The molecule has 0 aliphatic heterocycles. The van der Waals surface area contributed by atoms with E-state index in [9.17, 15) is 13.6 Å². The summed E-state index contributed by atoms with van der Waals surface area (Å²) < 4.78 is 24.4. The molecule has 1 aromatic carbocycles. The van der Waals surface area contributed by atoms with Crippen LogP contribution >= 0.6 is 0 Å². The van der Waals surface area contributed by atoms with E-state index in [4.69, 9.17) is 0 Å². The quantitative estimate of drug-likeness (QED) is 0.683. The Labute approximate surface area is 160 Å². The third-order valence-corrected chi connectivity index (χ3v) is 4.91. The number of halogens is 2. The highest BCUT2D eigenvalue weighted by atomic mass is 19.3. The molecular formula is C20H19F2N5O. The minimum Gasteiger partial charge on any atom is -0.310 e. The van der Waals surface area contributed by atoms with Crippen LogP contribution in [0.4, 0.5) is 14.6 Å². The van der Waals surface area contributed by atoms with Gasteiger partial charge in [-0.15, -0.1) is 0 Å². The average Bonchev–Trinajstić information content (AvgIpc) is 2.66. The summed E-state index contributed by atoms with van der Waals surface area (Å²) in [5.74, 6) is 0.156. The van der Waals surface area contributed by atoms with Gasteiger partial charge < -0.3 is 10.6 Å². The highest BCUT2D eigenvalue weighted by molar-refractivity contribution is 5.95. The minimum atomic E-state index is -2.37. The first-order valence-electron chi connectivity index (χ1n) is 9.09. The molecular weight excluding hydrogens is 364 g/mol. The monoisotopic (exact) mass is 383 g/mol. The fourth-order valence-electron chi connectivity index (χ4n) is 3.31. The van der Waals surface area contributed by atoms with Gasteiger partial charge >= 0.3 is 0 Å². The van der Waals surface area contributed by atoms with Gasteiger partial charge in [-0.1, -0.05) is 12.1 Å². The van der Waals surface area contributed by atoms with Crippen molar-refractivity contribution in [2.75, 3.05) is 11.9 Å². The van der Waals surface area contributed by atoms with Crippen molar-refractivity contribution in [2.45, 2.75) is 25.3 Å². The van der Waals surface area contributed by atoms with E-state index in [-0.39, 0.29) is 24.4 Å². The minimum absolute atomic E-state index is 0.0242. The molecule has 1 aliphatic carbocycles. The number of rotatable bonds is 6. The van der Waals surface area contributed by atoms with Crippen LogP contribution in [0, 0.1) is 5.92 Å². The van der Waals surface area contributed by atoms with Crippen molar-refractivity contribution >= 4 is 22.5 Å². The number of hydrogen-bond acceptors (Lipinski definition) is 5. The Bertz CT molecular complexity index is 977. The molecule has 28 heavy (non-hydrogen) atoms. The number of fused-ring (bicyclic) bond motifs is 1. The van der Waals surface area contributed by atoms with Crippen molar-refractivity contribution in [1.82, 2.24) is 20.5 Å². The molecule has 2 N–H and O–H groups in total. The standard InChI is InChI=1S/C20H19F2N5O/c21-18(22)11-23-16-7-15(8-16)20(28)26-19-9-14-6-12(3-4-13(14)10-24-19)17-2-1-5-25-27-17/h1-6,9-10,15-16,18,23H,7-8,11H2,(H,24,26,28)/t15-,16-. The molecule has 1 aliphatic rings. The predicted molar refractivity (Wildman–Crippen MR) is 102 cm³/mol. The lowest BCUT2D eigenvalue weighted by Gasteiger charge is -2.34. The van der Waals surface area contributed by atoms with Gasteiger partial charge in [0.1, 0.15) is 5.82 Å². The summed E-state index contributed by atoms with van der Waals surface area (Å²) in [6.45, 7) is -0.334. The van der Waals surface area contributed by atoms with Gasteiger partial charge in [0.05, 0.1) is 12.2 Å². The second kappa shape index (κ2) is 7.93. The van der Waals surface area contributed by atoms with Gasteiger partial charge in [0.2, 0.25) is 5.91 Å². The number of hydrogen-bond donors (Lipinski definition) is 2. The van der Waals surface area contributed by atoms with Crippen LogP contribution in [-0.4, -0.2) is 40.1 Å². The second-order valence-electron chi connectivity index (χ2n) is 6.89. The number of alkyl halides is 2. The number of benzene rings is 1. The SMILES string of the molecule is O=C(Nc1cc2cc(-c3cccnn3)ccc2cn1)[C@H]1C[C@H](NCC(F)F)C1. The molecule has 0 spiro atoms. The Balaban J connectivity index is 1.42. The van der Waals surface area contributed by atoms with E-state index in [1.54, 1.807) is 12.4 Å². The molecule has 2 heterocycles. The average molecular weight is 383 g/mol. The van der Waals surface area contributed by atoms with Gasteiger partial charge in [-0.3, -0.25) is 4.79 Å². The van der Waals surface area contributed by atoms with Gasteiger partial charge in [0.15, 0.2) is 0 Å². The number of carbonyl (C=O) groups is 1. The molecule has 0 bridgehead atoms. The summed E-state index contributed by atoms with van der Waals surface area (Å²) in [6.07, 6.45) is 2.07. The Morgan fingerprint density at radius 3 is 2.79 bits per heavy atom. The molecule has 0 unspecified atom stereocenters. The van der Waals surface area contributed by atoms with Gasteiger partial charge in [-0.05, 0) is 42.5 Å². The highest BCUT2D eigenvalue weighted by Gasteiger charge is 2.34. The maximum atomic E-state index is 12.4. The molecule has 1 fully saturated rings. The Morgan fingerprint density at radius 2 is 2.04 bits per heavy atom. The number of nitrogens with one attached hydrogen (secondary N) is 2. The molecule has 2 aromatic heterocycles. The van der Waals surface area contributed by atoms with Gasteiger partial charge in [0.25, 0.3) is 6.43 Å². The molecule has 1 saturated carbocycles. The fourth-order valence-corrected chi connectivity index (χ4v) is 3.31. The first kappa shape index (κ1) is 18.4. The number of amides is 1. The van der Waals surface area contributed by atoms with Gasteiger partial charge in [-0.25, -0.2) is 13.8 Å². The van der Waals surface area contributed by atoms with Crippen LogP contribution in [0.2, 0.25) is 0 Å².